The van der Waals surface area contributed by atoms with E-state index in [2.05, 4.69) is 0 Å². The maximum absolute atomic E-state index is 12.9. The highest BCUT2D eigenvalue weighted by atomic mass is 32.2. The third-order valence-electron chi connectivity index (χ3n) is 3.41. The van der Waals surface area contributed by atoms with Crippen LogP contribution in [0.15, 0.2) is 47.4 Å². The van der Waals surface area contributed by atoms with Crippen molar-refractivity contribution >= 4 is 15.7 Å². The van der Waals surface area contributed by atoms with Crippen molar-refractivity contribution in [2.75, 3.05) is 18.5 Å². The van der Waals surface area contributed by atoms with Crippen molar-refractivity contribution in [2.45, 2.75) is 18.7 Å². The first kappa shape index (κ1) is 15.4. The first-order chi connectivity index (χ1) is 9.87. The van der Waals surface area contributed by atoms with Crippen LogP contribution in [0.2, 0.25) is 0 Å². The Bertz CT molecular complexity index is 716. The van der Waals surface area contributed by atoms with Crippen molar-refractivity contribution in [3.8, 4) is 5.75 Å². The molecule has 21 heavy (non-hydrogen) atoms. The summed E-state index contributed by atoms with van der Waals surface area (Å²) in [6.45, 7) is 3.56. The Morgan fingerprint density at radius 2 is 1.52 bits per heavy atom. The molecule has 0 aliphatic heterocycles. The van der Waals surface area contributed by atoms with E-state index in [0.29, 0.717) is 27.5 Å². The van der Waals surface area contributed by atoms with E-state index in [1.165, 1.54) is 4.31 Å². The molecule has 0 heterocycles. The molecule has 0 unspecified atom stereocenters. The summed E-state index contributed by atoms with van der Waals surface area (Å²) < 4.78 is 32.2. The zero-order valence-corrected chi connectivity index (χ0v) is 13.4. The van der Waals surface area contributed by atoms with E-state index >= 15 is 0 Å². The number of methoxy groups -OCH3 is 1. The number of hydrogen-bond acceptors (Lipinski definition) is 3. The minimum Gasteiger partial charge on any atom is -0.497 e. The van der Waals surface area contributed by atoms with E-state index in [0.717, 1.165) is 0 Å². The molecule has 0 aliphatic rings. The van der Waals surface area contributed by atoms with Crippen molar-refractivity contribution in [3.05, 3.63) is 53.6 Å². The fraction of sp³-hybridized carbons (Fsp3) is 0.250. The number of sulfonamides is 1. The molecule has 112 valence electrons. The topological polar surface area (TPSA) is 46.6 Å². The Labute approximate surface area is 126 Å². The quantitative estimate of drug-likeness (QED) is 0.872. The van der Waals surface area contributed by atoms with Gasteiger partial charge in [0.2, 0.25) is 0 Å². The smallest absolute Gasteiger partial charge is 0.264 e. The predicted octanol–water partition coefficient (Wildman–Crippen LogP) is 3.14. The Hall–Kier alpha value is -2.01. The predicted molar refractivity (Wildman–Crippen MR) is 84.5 cm³/mol. The Morgan fingerprint density at radius 3 is 2.00 bits per heavy atom. The number of benzene rings is 2. The van der Waals surface area contributed by atoms with Gasteiger partial charge in [-0.2, -0.15) is 0 Å². The molecule has 0 amide bonds. The Kier molecular flexibility index (Phi) is 4.23. The van der Waals surface area contributed by atoms with Gasteiger partial charge in [0.15, 0.2) is 0 Å². The average molecular weight is 305 g/mol. The number of para-hydroxylation sites is 1. The average Bonchev–Trinajstić information content (AvgIpc) is 2.46. The monoisotopic (exact) mass is 305 g/mol. The van der Waals surface area contributed by atoms with Gasteiger partial charge in [0, 0.05) is 7.05 Å². The zero-order valence-electron chi connectivity index (χ0n) is 12.6. The highest BCUT2D eigenvalue weighted by Crippen LogP contribution is 2.29. The van der Waals surface area contributed by atoms with Gasteiger partial charge in [0.1, 0.15) is 5.75 Å². The van der Waals surface area contributed by atoms with Gasteiger partial charge in [-0.1, -0.05) is 18.2 Å². The molecular formula is C16H19NO3S. The van der Waals surface area contributed by atoms with Crippen LogP contribution in [0.25, 0.3) is 0 Å². The Balaban J connectivity index is 2.55. The molecule has 0 fully saturated rings. The SMILES string of the molecule is COc1cc(C)c(S(=O)(=O)N(C)c2ccccc2)c(C)c1. The van der Waals surface area contributed by atoms with Crippen molar-refractivity contribution in [1.82, 2.24) is 0 Å². The fourth-order valence-corrected chi connectivity index (χ4v) is 3.95. The van der Waals surface area contributed by atoms with Gasteiger partial charge >= 0.3 is 0 Å². The maximum Gasteiger partial charge on any atom is 0.264 e. The highest BCUT2D eigenvalue weighted by Gasteiger charge is 2.25. The van der Waals surface area contributed by atoms with Crippen LogP contribution in [0.5, 0.6) is 5.75 Å². The summed E-state index contributed by atoms with van der Waals surface area (Å²) in [6.07, 6.45) is 0. The standard InChI is InChI=1S/C16H19NO3S/c1-12-10-15(20-4)11-13(2)16(12)21(18,19)17(3)14-8-6-5-7-9-14/h5-11H,1-4H3. The molecule has 0 spiro atoms. The number of hydrogen-bond donors (Lipinski definition) is 0. The second kappa shape index (κ2) is 5.77. The minimum absolute atomic E-state index is 0.328. The zero-order chi connectivity index (χ0) is 15.6. The molecule has 2 aromatic rings. The van der Waals surface area contributed by atoms with Crippen LogP contribution in [0.4, 0.5) is 5.69 Å². The van der Waals surface area contributed by atoms with E-state index in [4.69, 9.17) is 4.74 Å². The minimum atomic E-state index is -3.60. The molecule has 0 N–H and O–H groups in total. The van der Waals surface area contributed by atoms with Crippen molar-refractivity contribution < 1.29 is 13.2 Å². The largest absolute Gasteiger partial charge is 0.497 e. The van der Waals surface area contributed by atoms with Crippen LogP contribution in [-0.4, -0.2) is 22.6 Å². The number of anilines is 1. The van der Waals surface area contributed by atoms with Crippen LogP contribution < -0.4 is 9.04 Å². The third-order valence-corrected chi connectivity index (χ3v) is 5.50. The summed E-state index contributed by atoms with van der Waals surface area (Å²) in [5.41, 5.74) is 1.98. The number of ether oxygens (including phenoxy) is 1. The van der Waals surface area contributed by atoms with Gasteiger partial charge in [0.25, 0.3) is 10.0 Å². The summed E-state index contributed by atoms with van der Waals surface area (Å²) in [6, 6.07) is 12.5. The Morgan fingerprint density at radius 1 is 1.00 bits per heavy atom. The van der Waals surface area contributed by atoms with E-state index in [9.17, 15) is 8.42 Å². The lowest BCUT2D eigenvalue weighted by Gasteiger charge is -2.22. The lowest BCUT2D eigenvalue weighted by atomic mass is 10.1. The molecule has 4 nitrogen and oxygen atoms in total. The van der Waals surface area contributed by atoms with E-state index in [1.54, 1.807) is 52.3 Å². The first-order valence-electron chi connectivity index (χ1n) is 6.57. The molecule has 0 saturated heterocycles. The summed E-state index contributed by atoms with van der Waals surface area (Å²) in [4.78, 5) is 0.328. The fourth-order valence-electron chi connectivity index (χ4n) is 2.35. The summed E-state index contributed by atoms with van der Waals surface area (Å²) in [7, 11) is -0.469. The van der Waals surface area contributed by atoms with E-state index in [-0.39, 0.29) is 0 Å². The van der Waals surface area contributed by atoms with E-state index in [1.807, 2.05) is 18.2 Å². The highest BCUT2D eigenvalue weighted by molar-refractivity contribution is 7.92. The van der Waals surface area contributed by atoms with Crippen LogP contribution in [0.1, 0.15) is 11.1 Å². The second-order valence-corrected chi connectivity index (χ2v) is 6.80. The molecule has 0 aliphatic carbocycles. The number of aryl methyl sites for hydroxylation is 2. The summed E-state index contributed by atoms with van der Waals surface area (Å²) >= 11 is 0. The van der Waals surface area contributed by atoms with Crippen LogP contribution >= 0.6 is 0 Å². The molecule has 0 saturated carbocycles. The van der Waals surface area contributed by atoms with E-state index < -0.39 is 10.0 Å². The maximum atomic E-state index is 12.9. The molecule has 2 aromatic carbocycles. The van der Waals surface area contributed by atoms with Gasteiger partial charge in [-0.25, -0.2) is 8.42 Å². The van der Waals surface area contributed by atoms with Gasteiger partial charge in [-0.3, -0.25) is 4.31 Å². The molecular weight excluding hydrogens is 286 g/mol. The molecule has 5 heteroatoms. The van der Waals surface area contributed by atoms with Crippen LogP contribution in [0.3, 0.4) is 0 Å². The molecule has 0 atom stereocenters. The van der Waals surface area contributed by atoms with Gasteiger partial charge in [-0.05, 0) is 49.2 Å². The third kappa shape index (κ3) is 2.88. The van der Waals surface area contributed by atoms with Gasteiger partial charge in [-0.15, -0.1) is 0 Å². The summed E-state index contributed by atoms with van der Waals surface area (Å²) in [5.74, 6) is 0.659. The van der Waals surface area contributed by atoms with Crippen molar-refractivity contribution in [1.29, 1.82) is 0 Å². The summed E-state index contributed by atoms with van der Waals surface area (Å²) in [5, 5.41) is 0. The lowest BCUT2D eigenvalue weighted by molar-refractivity contribution is 0.413. The van der Waals surface area contributed by atoms with Gasteiger partial charge in [0.05, 0.1) is 17.7 Å². The molecule has 0 aromatic heterocycles. The van der Waals surface area contributed by atoms with Crippen LogP contribution in [0, 0.1) is 13.8 Å². The second-order valence-electron chi connectivity index (χ2n) is 4.90. The first-order valence-corrected chi connectivity index (χ1v) is 8.01. The van der Waals surface area contributed by atoms with Crippen molar-refractivity contribution in [2.24, 2.45) is 0 Å². The number of rotatable bonds is 4. The molecule has 2 rings (SSSR count). The molecule has 0 bridgehead atoms. The van der Waals surface area contributed by atoms with Gasteiger partial charge < -0.3 is 4.74 Å². The lowest BCUT2D eigenvalue weighted by Crippen LogP contribution is -2.27. The normalized spacial score (nSPS) is 11.2. The van der Waals surface area contributed by atoms with Crippen LogP contribution in [-0.2, 0) is 10.0 Å². The molecule has 0 radical (unpaired) electrons. The number of nitrogens with zero attached hydrogens (tertiary/aromatic N) is 1. The van der Waals surface area contributed by atoms with Crippen molar-refractivity contribution in [3.63, 3.8) is 0 Å².